The van der Waals surface area contributed by atoms with Crippen LogP contribution >= 0.6 is 0 Å². The Morgan fingerprint density at radius 3 is 2.67 bits per heavy atom. The van der Waals surface area contributed by atoms with E-state index in [1.807, 2.05) is 34.9 Å². The highest BCUT2D eigenvalue weighted by Crippen LogP contribution is 2.34. The van der Waals surface area contributed by atoms with Gasteiger partial charge in [0.1, 0.15) is 5.65 Å². The molecule has 6 heteroatoms. The lowest BCUT2D eigenvalue weighted by Gasteiger charge is -2.09. The quantitative estimate of drug-likeness (QED) is 0.669. The summed E-state index contributed by atoms with van der Waals surface area (Å²) in [6, 6.07) is 11.0. The topological polar surface area (TPSA) is 75.9 Å². The number of pyridine rings is 1. The van der Waals surface area contributed by atoms with E-state index in [9.17, 15) is 9.90 Å². The van der Waals surface area contributed by atoms with Crippen molar-refractivity contribution in [1.82, 2.24) is 9.38 Å². The number of rotatable bonds is 5. The van der Waals surface area contributed by atoms with Gasteiger partial charge in [-0.1, -0.05) is 6.07 Å². The summed E-state index contributed by atoms with van der Waals surface area (Å²) in [6.45, 7) is 0. The molecule has 6 nitrogen and oxygen atoms in total. The van der Waals surface area contributed by atoms with Crippen molar-refractivity contribution in [3.8, 4) is 22.8 Å². The monoisotopic (exact) mass is 323 g/mol. The molecule has 3 rings (SSSR count). The fraction of sp³-hybridized carbons (Fsp3) is 0.111. The zero-order chi connectivity index (χ0) is 17.1. The van der Waals surface area contributed by atoms with Crippen molar-refractivity contribution in [2.45, 2.75) is 0 Å². The van der Waals surface area contributed by atoms with E-state index in [2.05, 4.69) is 4.98 Å². The number of carbonyl (C=O) groups excluding carboxylic acids is 1. The molecule has 0 fully saturated rings. The molecule has 3 aromatic rings. The number of carboxylic acids is 1. The number of benzene rings is 1. The van der Waals surface area contributed by atoms with Crippen LogP contribution in [0.1, 0.15) is 5.69 Å². The van der Waals surface area contributed by atoms with Gasteiger partial charge < -0.3 is 19.4 Å². The number of nitrogens with zero attached hydrogens (tertiary/aromatic N) is 2. The maximum Gasteiger partial charge on any atom is 0.161 e. The maximum atomic E-state index is 10.8. The highest BCUT2D eigenvalue weighted by molar-refractivity contribution is 5.86. The summed E-state index contributed by atoms with van der Waals surface area (Å²) in [6.07, 6.45) is 4.28. The number of ether oxygens (including phenoxy) is 2. The van der Waals surface area contributed by atoms with Crippen molar-refractivity contribution in [2.24, 2.45) is 0 Å². The zero-order valence-corrected chi connectivity index (χ0v) is 13.2. The predicted molar refractivity (Wildman–Crippen MR) is 87.8 cm³/mol. The van der Waals surface area contributed by atoms with Crippen LogP contribution in [-0.2, 0) is 4.79 Å². The molecule has 0 bridgehead atoms. The molecule has 0 saturated carbocycles. The molecule has 2 heterocycles. The van der Waals surface area contributed by atoms with E-state index in [-0.39, 0.29) is 0 Å². The van der Waals surface area contributed by atoms with Crippen LogP contribution in [0.3, 0.4) is 0 Å². The molecule has 0 saturated heterocycles. The summed E-state index contributed by atoms with van der Waals surface area (Å²) in [5, 5.41) is 10.8. The zero-order valence-electron chi connectivity index (χ0n) is 13.2. The van der Waals surface area contributed by atoms with Gasteiger partial charge in [-0.05, 0) is 42.5 Å². The summed E-state index contributed by atoms with van der Waals surface area (Å²) in [5.74, 6) is -0.0853. The van der Waals surface area contributed by atoms with Crippen molar-refractivity contribution in [1.29, 1.82) is 0 Å². The molecule has 122 valence electrons. The molecule has 0 radical (unpaired) electrons. The summed E-state index contributed by atoms with van der Waals surface area (Å²) in [7, 11) is 3.12. The van der Waals surface area contributed by atoms with Crippen LogP contribution in [0.15, 0.2) is 48.7 Å². The van der Waals surface area contributed by atoms with Gasteiger partial charge in [-0.2, -0.15) is 0 Å². The molecular formula is C18H15N2O4-. The van der Waals surface area contributed by atoms with Gasteiger partial charge in [0, 0.05) is 11.8 Å². The average molecular weight is 323 g/mol. The van der Waals surface area contributed by atoms with Gasteiger partial charge in [0.2, 0.25) is 0 Å². The minimum absolute atomic E-state index is 0.571. The highest BCUT2D eigenvalue weighted by atomic mass is 16.5. The van der Waals surface area contributed by atoms with Crippen molar-refractivity contribution in [3.63, 3.8) is 0 Å². The normalized spacial score (nSPS) is 11.1. The number of aromatic nitrogens is 2. The molecule has 24 heavy (non-hydrogen) atoms. The van der Waals surface area contributed by atoms with Crippen LogP contribution in [-0.4, -0.2) is 29.6 Å². The first-order valence-corrected chi connectivity index (χ1v) is 7.22. The summed E-state index contributed by atoms with van der Waals surface area (Å²) in [4.78, 5) is 15.4. The molecule has 0 aliphatic carbocycles. The Balaban J connectivity index is 2.22. The van der Waals surface area contributed by atoms with Gasteiger partial charge in [-0.3, -0.25) is 4.40 Å². The van der Waals surface area contributed by atoms with E-state index in [0.717, 1.165) is 11.6 Å². The van der Waals surface area contributed by atoms with Crippen LogP contribution in [0.4, 0.5) is 0 Å². The Hall–Kier alpha value is -3.28. The Morgan fingerprint density at radius 2 is 1.96 bits per heavy atom. The largest absolute Gasteiger partial charge is 0.545 e. The fourth-order valence-corrected chi connectivity index (χ4v) is 2.52. The second-order valence-electron chi connectivity index (χ2n) is 5.00. The molecule has 0 aliphatic heterocycles. The molecule has 0 aliphatic rings. The Morgan fingerprint density at radius 1 is 1.17 bits per heavy atom. The van der Waals surface area contributed by atoms with Crippen LogP contribution in [0, 0.1) is 0 Å². The van der Waals surface area contributed by atoms with Crippen LogP contribution in [0.5, 0.6) is 11.5 Å². The maximum absolute atomic E-state index is 10.8. The predicted octanol–water partition coefficient (Wildman–Crippen LogP) is 1.78. The molecule has 0 spiro atoms. The number of fused-ring (bicyclic) bond motifs is 1. The van der Waals surface area contributed by atoms with Gasteiger partial charge in [0.25, 0.3) is 0 Å². The van der Waals surface area contributed by atoms with Crippen molar-refractivity contribution < 1.29 is 19.4 Å². The van der Waals surface area contributed by atoms with E-state index < -0.39 is 5.97 Å². The van der Waals surface area contributed by atoms with Crippen molar-refractivity contribution >= 4 is 17.7 Å². The third-order valence-corrected chi connectivity index (χ3v) is 3.60. The van der Waals surface area contributed by atoms with Gasteiger partial charge >= 0.3 is 0 Å². The summed E-state index contributed by atoms with van der Waals surface area (Å²) in [5.41, 5.74) is 2.77. The average Bonchev–Trinajstić information content (AvgIpc) is 2.97. The molecule has 0 unspecified atom stereocenters. The lowest BCUT2D eigenvalue weighted by molar-refractivity contribution is -0.297. The number of hydrogen-bond acceptors (Lipinski definition) is 5. The molecular weight excluding hydrogens is 308 g/mol. The van der Waals surface area contributed by atoms with Gasteiger partial charge in [0.05, 0.1) is 31.6 Å². The number of imidazole rings is 1. The molecule has 0 amide bonds. The second kappa shape index (κ2) is 6.45. The summed E-state index contributed by atoms with van der Waals surface area (Å²) >= 11 is 0. The fourth-order valence-electron chi connectivity index (χ4n) is 2.52. The first-order valence-electron chi connectivity index (χ1n) is 7.22. The van der Waals surface area contributed by atoms with E-state index in [1.165, 1.54) is 6.08 Å². The van der Waals surface area contributed by atoms with Gasteiger partial charge in [-0.25, -0.2) is 4.98 Å². The van der Waals surface area contributed by atoms with Crippen molar-refractivity contribution in [2.75, 3.05) is 14.2 Å². The number of methoxy groups -OCH3 is 2. The number of hydrogen-bond donors (Lipinski definition) is 0. The highest BCUT2D eigenvalue weighted by Gasteiger charge is 2.14. The molecule has 0 atom stereocenters. The lowest BCUT2D eigenvalue weighted by atomic mass is 10.1. The number of carbonyl (C=O) groups is 1. The molecule has 0 N–H and O–H groups in total. The minimum atomic E-state index is -1.26. The van der Waals surface area contributed by atoms with E-state index in [4.69, 9.17) is 9.47 Å². The van der Waals surface area contributed by atoms with Crippen LogP contribution in [0.2, 0.25) is 0 Å². The third-order valence-electron chi connectivity index (χ3n) is 3.60. The third kappa shape index (κ3) is 2.81. The molecule has 1 aromatic carbocycles. The number of aliphatic carboxylic acids is 1. The SMILES string of the molecule is COc1ccc(-c2nc3ccccn3c2/C=C/C(=O)[O-])cc1OC. The minimum Gasteiger partial charge on any atom is -0.545 e. The second-order valence-corrected chi connectivity index (χ2v) is 5.00. The first-order chi connectivity index (χ1) is 11.6. The van der Waals surface area contributed by atoms with E-state index >= 15 is 0 Å². The lowest BCUT2D eigenvalue weighted by Crippen LogP contribution is -2.18. The molecule has 2 aromatic heterocycles. The van der Waals surface area contributed by atoms with E-state index in [1.54, 1.807) is 26.4 Å². The summed E-state index contributed by atoms with van der Waals surface area (Å²) < 4.78 is 12.4. The van der Waals surface area contributed by atoms with E-state index in [0.29, 0.717) is 28.5 Å². The Bertz CT molecular complexity index is 928. The Kier molecular flexibility index (Phi) is 4.20. The standard InChI is InChI=1S/C18H16N2O4/c1-23-14-8-6-12(11-15(14)24-2)18-13(7-9-17(21)22)20-10-4-3-5-16(20)19-18/h3-11H,1-2H3,(H,21,22)/p-1/b9-7+. The van der Waals surface area contributed by atoms with Gasteiger partial charge in [0.15, 0.2) is 11.5 Å². The smallest absolute Gasteiger partial charge is 0.161 e. The van der Waals surface area contributed by atoms with Crippen molar-refractivity contribution in [3.05, 3.63) is 54.4 Å². The number of carboxylic acid groups (broad SMARTS) is 1. The Labute approximate surface area is 138 Å². The van der Waals surface area contributed by atoms with Crippen LogP contribution in [0.25, 0.3) is 23.0 Å². The first kappa shape index (κ1) is 15.6. The van der Waals surface area contributed by atoms with Gasteiger partial charge in [-0.15, -0.1) is 0 Å². The van der Waals surface area contributed by atoms with Crippen LogP contribution < -0.4 is 14.6 Å².